The summed E-state index contributed by atoms with van der Waals surface area (Å²) in [6.45, 7) is 9.50. The van der Waals surface area contributed by atoms with Gasteiger partial charge in [-0.2, -0.15) is 0 Å². The lowest BCUT2D eigenvalue weighted by Crippen LogP contribution is -2.45. The van der Waals surface area contributed by atoms with E-state index in [2.05, 4.69) is 29.0 Å². The van der Waals surface area contributed by atoms with Gasteiger partial charge < -0.3 is 19.4 Å². The van der Waals surface area contributed by atoms with Crippen molar-refractivity contribution in [1.82, 2.24) is 10.3 Å². The lowest BCUT2D eigenvalue weighted by atomic mass is 10.2. The molecule has 0 aliphatic carbocycles. The van der Waals surface area contributed by atoms with Crippen LogP contribution in [-0.4, -0.2) is 36.2 Å². The maximum Gasteiger partial charge on any atom is 0.253 e. The molecule has 134 valence electrons. The predicted molar refractivity (Wildman–Crippen MR) is 95.8 cm³/mol. The number of aromatic nitrogens is 1. The summed E-state index contributed by atoms with van der Waals surface area (Å²) >= 11 is 0. The van der Waals surface area contributed by atoms with Crippen LogP contribution < -0.4 is 10.2 Å². The maximum absolute atomic E-state index is 12.4. The molecule has 1 fully saturated rings. The molecule has 2 aromatic heterocycles. The Balaban J connectivity index is 1.64. The number of pyridine rings is 1. The standard InChI is InChI=1S/C19H25N3O3/c1-12-5-7-17(25-12)15(4)21-19(23)16-6-8-18(20-9-16)22-10-13(2)24-14(3)11-22/h5-9,13-15H,10-11H2,1-4H3,(H,21,23)/t13-,14-,15+/m1/s1. The predicted octanol–water partition coefficient (Wildman–Crippen LogP) is 3.09. The molecular formula is C19H25N3O3. The van der Waals surface area contributed by atoms with Gasteiger partial charge in [-0.1, -0.05) is 0 Å². The maximum atomic E-state index is 12.4. The molecule has 0 radical (unpaired) electrons. The molecule has 0 saturated carbocycles. The smallest absolute Gasteiger partial charge is 0.253 e. The molecule has 6 heteroatoms. The van der Waals surface area contributed by atoms with Crippen LogP contribution in [0.1, 0.15) is 48.7 Å². The molecule has 25 heavy (non-hydrogen) atoms. The van der Waals surface area contributed by atoms with Crippen LogP contribution in [0.3, 0.4) is 0 Å². The average molecular weight is 343 g/mol. The number of furan rings is 1. The normalized spacial score (nSPS) is 21.8. The van der Waals surface area contributed by atoms with Gasteiger partial charge in [0.1, 0.15) is 17.3 Å². The summed E-state index contributed by atoms with van der Waals surface area (Å²) in [6.07, 6.45) is 1.97. The van der Waals surface area contributed by atoms with Gasteiger partial charge in [0.25, 0.3) is 5.91 Å². The van der Waals surface area contributed by atoms with Crippen LogP contribution in [0.2, 0.25) is 0 Å². The zero-order valence-corrected chi connectivity index (χ0v) is 15.2. The Kier molecular flexibility index (Phi) is 5.08. The first-order chi connectivity index (χ1) is 11.9. The minimum absolute atomic E-state index is 0.163. The molecule has 1 N–H and O–H groups in total. The van der Waals surface area contributed by atoms with Crippen molar-refractivity contribution in [3.05, 3.63) is 47.5 Å². The molecule has 2 aromatic rings. The summed E-state index contributed by atoms with van der Waals surface area (Å²) in [5.41, 5.74) is 0.535. The number of amides is 1. The lowest BCUT2D eigenvalue weighted by molar-refractivity contribution is -0.00546. The van der Waals surface area contributed by atoms with E-state index in [9.17, 15) is 4.79 Å². The molecule has 3 heterocycles. The van der Waals surface area contributed by atoms with Crippen LogP contribution in [0.5, 0.6) is 0 Å². The summed E-state index contributed by atoms with van der Waals surface area (Å²) in [5.74, 6) is 2.28. The van der Waals surface area contributed by atoms with Gasteiger partial charge in [0.05, 0.1) is 23.8 Å². The second kappa shape index (κ2) is 7.27. The molecule has 6 nitrogen and oxygen atoms in total. The van der Waals surface area contributed by atoms with Crippen LogP contribution in [-0.2, 0) is 4.74 Å². The van der Waals surface area contributed by atoms with E-state index in [0.717, 1.165) is 30.4 Å². The number of hydrogen-bond donors (Lipinski definition) is 1. The zero-order chi connectivity index (χ0) is 18.0. The van der Waals surface area contributed by atoms with Crippen LogP contribution >= 0.6 is 0 Å². The second-order valence-corrected chi connectivity index (χ2v) is 6.71. The van der Waals surface area contributed by atoms with Gasteiger partial charge in [-0.3, -0.25) is 4.79 Å². The van der Waals surface area contributed by atoms with Crippen molar-refractivity contribution in [2.24, 2.45) is 0 Å². The third-order valence-electron chi connectivity index (χ3n) is 4.29. The Labute approximate surface area is 148 Å². The largest absolute Gasteiger partial charge is 0.464 e. The van der Waals surface area contributed by atoms with Crippen molar-refractivity contribution < 1.29 is 13.9 Å². The van der Waals surface area contributed by atoms with Crippen molar-refractivity contribution in [2.45, 2.75) is 45.9 Å². The third-order valence-corrected chi connectivity index (χ3v) is 4.29. The van der Waals surface area contributed by atoms with E-state index < -0.39 is 0 Å². The number of carbonyl (C=O) groups is 1. The van der Waals surface area contributed by atoms with E-state index in [4.69, 9.17) is 9.15 Å². The number of aryl methyl sites for hydroxylation is 1. The van der Waals surface area contributed by atoms with Crippen molar-refractivity contribution in [3.63, 3.8) is 0 Å². The molecule has 0 bridgehead atoms. The highest BCUT2D eigenvalue weighted by Crippen LogP contribution is 2.19. The third kappa shape index (κ3) is 4.20. The van der Waals surface area contributed by atoms with E-state index in [1.807, 2.05) is 38.1 Å². The number of carbonyl (C=O) groups excluding carboxylic acids is 1. The van der Waals surface area contributed by atoms with Gasteiger partial charge in [-0.05, 0) is 52.0 Å². The fourth-order valence-electron chi connectivity index (χ4n) is 3.11. The van der Waals surface area contributed by atoms with E-state index >= 15 is 0 Å². The number of hydrogen-bond acceptors (Lipinski definition) is 5. The summed E-state index contributed by atoms with van der Waals surface area (Å²) in [5, 5.41) is 2.93. The monoisotopic (exact) mass is 343 g/mol. The van der Waals surface area contributed by atoms with Crippen molar-refractivity contribution in [2.75, 3.05) is 18.0 Å². The lowest BCUT2D eigenvalue weighted by Gasteiger charge is -2.36. The number of nitrogens with one attached hydrogen (secondary N) is 1. The average Bonchev–Trinajstić information content (AvgIpc) is 3.00. The number of anilines is 1. The first-order valence-electron chi connectivity index (χ1n) is 8.66. The fraction of sp³-hybridized carbons (Fsp3) is 0.474. The summed E-state index contributed by atoms with van der Waals surface area (Å²) < 4.78 is 11.3. The number of nitrogens with zero attached hydrogens (tertiary/aromatic N) is 2. The quantitative estimate of drug-likeness (QED) is 0.924. The van der Waals surface area contributed by atoms with Gasteiger partial charge >= 0.3 is 0 Å². The zero-order valence-electron chi connectivity index (χ0n) is 15.2. The summed E-state index contributed by atoms with van der Waals surface area (Å²) in [4.78, 5) is 19.1. The number of morpholine rings is 1. The molecule has 1 saturated heterocycles. The van der Waals surface area contributed by atoms with Crippen molar-refractivity contribution in [1.29, 1.82) is 0 Å². The second-order valence-electron chi connectivity index (χ2n) is 6.71. The Hall–Kier alpha value is -2.34. The van der Waals surface area contributed by atoms with Crippen LogP contribution in [0, 0.1) is 6.92 Å². The van der Waals surface area contributed by atoms with Crippen molar-refractivity contribution in [3.8, 4) is 0 Å². The van der Waals surface area contributed by atoms with Crippen molar-refractivity contribution >= 4 is 11.7 Å². The molecule has 1 amide bonds. The van der Waals surface area contributed by atoms with Gasteiger partial charge in [-0.25, -0.2) is 4.98 Å². The highest BCUT2D eigenvalue weighted by Gasteiger charge is 2.23. The first-order valence-corrected chi connectivity index (χ1v) is 8.66. The Morgan fingerprint density at radius 1 is 1.24 bits per heavy atom. The Morgan fingerprint density at radius 3 is 2.52 bits per heavy atom. The molecule has 3 atom stereocenters. The van der Waals surface area contributed by atoms with Crippen LogP contribution in [0.25, 0.3) is 0 Å². The first kappa shape index (κ1) is 17.5. The van der Waals surface area contributed by atoms with E-state index in [-0.39, 0.29) is 24.2 Å². The Bertz CT molecular complexity index is 716. The number of ether oxygens (including phenoxy) is 1. The molecule has 3 rings (SSSR count). The topological polar surface area (TPSA) is 67.6 Å². The number of rotatable bonds is 4. The molecule has 0 aromatic carbocycles. The fourth-order valence-corrected chi connectivity index (χ4v) is 3.11. The molecule has 0 spiro atoms. The molecule has 1 aliphatic heterocycles. The van der Waals surface area contributed by atoms with Crippen LogP contribution in [0.4, 0.5) is 5.82 Å². The van der Waals surface area contributed by atoms with Gasteiger partial charge in [0, 0.05) is 19.3 Å². The summed E-state index contributed by atoms with van der Waals surface area (Å²) in [7, 11) is 0. The van der Waals surface area contributed by atoms with Crippen LogP contribution in [0.15, 0.2) is 34.9 Å². The van der Waals surface area contributed by atoms with E-state index in [0.29, 0.717) is 5.56 Å². The SMILES string of the molecule is Cc1ccc([C@H](C)NC(=O)c2ccc(N3C[C@@H](C)O[C@H](C)C3)nc2)o1. The molecule has 0 unspecified atom stereocenters. The van der Waals surface area contributed by atoms with Gasteiger partial charge in [0.2, 0.25) is 0 Å². The molecule has 1 aliphatic rings. The summed E-state index contributed by atoms with van der Waals surface area (Å²) in [6, 6.07) is 7.27. The highest BCUT2D eigenvalue weighted by molar-refractivity contribution is 5.94. The van der Waals surface area contributed by atoms with E-state index in [1.54, 1.807) is 6.20 Å². The minimum atomic E-state index is -0.193. The van der Waals surface area contributed by atoms with Gasteiger partial charge in [-0.15, -0.1) is 0 Å². The Morgan fingerprint density at radius 2 is 1.96 bits per heavy atom. The van der Waals surface area contributed by atoms with E-state index in [1.165, 1.54) is 0 Å². The molecular weight excluding hydrogens is 318 g/mol. The van der Waals surface area contributed by atoms with Gasteiger partial charge in [0.15, 0.2) is 0 Å². The minimum Gasteiger partial charge on any atom is -0.464 e. The highest BCUT2D eigenvalue weighted by atomic mass is 16.5.